The van der Waals surface area contributed by atoms with Crippen LogP contribution in [0.3, 0.4) is 0 Å². The van der Waals surface area contributed by atoms with Gasteiger partial charge in [-0.25, -0.2) is 0 Å². The van der Waals surface area contributed by atoms with Gasteiger partial charge in [-0.2, -0.15) is 0 Å². The molecular weight excluding hydrogens is 362 g/mol. The van der Waals surface area contributed by atoms with Gasteiger partial charge < -0.3 is 19.9 Å². The first-order chi connectivity index (χ1) is 14.1. The summed E-state index contributed by atoms with van der Waals surface area (Å²) in [5.41, 5.74) is 3.68. The van der Waals surface area contributed by atoms with Gasteiger partial charge in [-0.3, -0.25) is 4.79 Å². The second-order valence-corrected chi connectivity index (χ2v) is 8.17. The zero-order valence-electron chi connectivity index (χ0n) is 17.6. The summed E-state index contributed by atoms with van der Waals surface area (Å²) >= 11 is 0. The van der Waals surface area contributed by atoms with Gasteiger partial charge in [0.2, 0.25) is 5.91 Å². The van der Waals surface area contributed by atoms with E-state index in [1.807, 2.05) is 12.1 Å². The van der Waals surface area contributed by atoms with E-state index < -0.39 is 0 Å². The van der Waals surface area contributed by atoms with Gasteiger partial charge in [0.1, 0.15) is 5.75 Å². The van der Waals surface area contributed by atoms with Crippen LogP contribution >= 0.6 is 0 Å². The van der Waals surface area contributed by atoms with Crippen molar-refractivity contribution in [3.8, 4) is 5.75 Å². The van der Waals surface area contributed by atoms with Gasteiger partial charge in [0.25, 0.3) is 0 Å². The summed E-state index contributed by atoms with van der Waals surface area (Å²) in [5.74, 6) is 0.984. The van der Waals surface area contributed by atoms with Gasteiger partial charge in [-0.05, 0) is 43.5 Å². The minimum atomic E-state index is -0.0589. The standard InChI is InChI=1S/C24H31N3O2/c1-4-17(2)25-24(28)21-14-18-10-11-20(29-3)15-22(18)27-13-12-26(16-23(21)27)19-8-6-5-7-9-19/h5-11,15,17,21,23H,4,12-14,16H2,1-3H3,(H,25,28)/t17-,21+,23+/m0/s1. The van der Waals surface area contributed by atoms with Gasteiger partial charge in [-0.1, -0.05) is 31.2 Å². The summed E-state index contributed by atoms with van der Waals surface area (Å²) in [5, 5.41) is 3.23. The Morgan fingerprint density at radius 2 is 2.00 bits per heavy atom. The van der Waals surface area contributed by atoms with Crippen molar-refractivity contribution in [2.45, 2.75) is 38.8 Å². The topological polar surface area (TPSA) is 44.8 Å². The van der Waals surface area contributed by atoms with E-state index in [0.29, 0.717) is 0 Å². The second kappa shape index (κ2) is 8.36. The summed E-state index contributed by atoms with van der Waals surface area (Å²) < 4.78 is 5.48. The van der Waals surface area contributed by atoms with Crippen molar-refractivity contribution in [1.82, 2.24) is 5.32 Å². The monoisotopic (exact) mass is 393 g/mol. The lowest BCUT2D eigenvalue weighted by Crippen LogP contribution is -2.61. The molecule has 2 aliphatic rings. The highest BCUT2D eigenvalue weighted by atomic mass is 16.5. The maximum absolute atomic E-state index is 13.2. The highest BCUT2D eigenvalue weighted by Crippen LogP contribution is 2.39. The van der Waals surface area contributed by atoms with E-state index in [1.54, 1.807) is 7.11 Å². The van der Waals surface area contributed by atoms with Crippen molar-refractivity contribution in [2.75, 3.05) is 36.5 Å². The molecule has 0 aliphatic carbocycles. The van der Waals surface area contributed by atoms with Gasteiger partial charge in [0.05, 0.1) is 19.1 Å². The summed E-state index contributed by atoms with van der Waals surface area (Å²) in [7, 11) is 1.71. The maximum atomic E-state index is 13.2. The van der Waals surface area contributed by atoms with Crippen LogP contribution in [0.1, 0.15) is 25.8 Å². The van der Waals surface area contributed by atoms with Crippen LogP contribution in [0.15, 0.2) is 48.5 Å². The molecule has 1 fully saturated rings. The Morgan fingerprint density at radius 1 is 1.21 bits per heavy atom. The third-order valence-electron chi connectivity index (χ3n) is 6.38. The fourth-order valence-electron chi connectivity index (χ4n) is 4.53. The summed E-state index contributed by atoms with van der Waals surface area (Å²) in [6.07, 6.45) is 1.71. The Kier molecular flexibility index (Phi) is 5.65. The molecule has 1 amide bonds. The molecule has 2 aromatic rings. The van der Waals surface area contributed by atoms with E-state index in [2.05, 4.69) is 65.4 Å². The zero-order chi connectivity index (χ0) is 20.4. The number of carbonyl (C=O) groups is 1. The predicted octanol–water partition coefficient (Wildman–Crippen LogP) is 3.48. The fourth-order valence-corrected chi connectivity index (χ4v) is 4.53. The molecule has 0 saturated carbocycles. The normalized spacial score (nSPS) is 21.8. The number of anilines is 2. The fraction of sp³-hybridized carbons (Fsp3) is 0.458. The average Bonchev–Trinajstić information content (AvgIpc) is 2.78. The Morgan fingerprint density at radius 3 is 2.72 bits per heavy atom. The van der Waals surface area contributed by atoms with Crippen LogP contribution < -0.4 is 19.9 Å². The van der Waals surface area contributed by atoms with Crippen LogP contribution in [-0.2, 0) is 11.2 Å². The second-order valence-electron chi connectivity index (χ2n) is 8.17. The van der Waals surface area contributed by atoms with E-state index in [0.717, 1.165) is 38.2 Å². The van der Waals surface area contributed by atoms with Crippen LogP contribution in [0, 0.1) is 5.92 Å². The minimum absolute atomic E-state index is 0.0589. The Balaban J connectivity index is 1.66. The molecule has 2 heterocycles. The first-order valence-electron chi connectivity index (χ1n) is 10.6. The zero-order valence-corrected chi connectivity index (χ0v) is 17.6. The largest absolute Gasteiger partial charge is 0.497 e. The van der Waals surface area contributed by atoms with Crippen molar-refractivity contribution >= 4 is 17.3 Å². The predicted molar refractivity (Wildman–Crippen MR) is 118 cm³/mol. The highest BCUT2D eigenvalue weighted by molar-refractivity contribution is 5.82. The summed E-state index contributed by atoms with van der Waals surface area (Å²) in [4.78, 5) is 18.1. The van der Waals surface area contributed by atoms with E-state index in [1.165, 1.54) is 16.9 Å². The van der Waals surface area contributed by atoms with Crippen LogP contribution in [0.5, 0.6) is 5.75 Å². The number of rotatable bonds is 5. The Bertz CT molecular complexity index is 854. The maximum Gasteiger partial charge on any atom is 0.225 e. The smallest absolute Gasteiger partial charge is 0.225 e. The number of piperazine rings is 1. The number of ether oxygens (including phenoxy) is 1. The van der Waals surface area contributed by atoms with Crippen molar-refractivity contribution < 1.29 is 9.53 Å². The third kappa shape index (κ3) is 3.91. The van der Waals surface area contributed by atoms with E-state index >= 15 is 0 Å². The number of hydrogen-bond acceptors (Lipinski definition) is 4. The van der Waals surface area contributed by atoms with Gasteiger partial charge in [0.15, 0.2) is 0 Å². The number of hydrogen-bond donors (Lipinski definition) is 1. The number of para-hydroxylation sites is 1. The molecule has 0 spiro atoms. The van der Waals surface area contributed by atoms with Gasteiger partial charge in [-0.15, -0.1) is 0 Å². The molecule has 3 atom stereocenters. The lowest BCUT2D eigenvalue weighted by Gasteiger charge is -2.49. The first kappa shape index (κ1) is 19.6. The molecule has 1 saturated heterocycles. The number of nitrogens with zero attached hydrogens (tertiary/aromatic N) is 2. The van der Waals surface area contributed by atoms with Crippen LogP contribution in [0.25, 0.3) is 0 Å². The molecule has 1 N–H and O–H groups in total. The molecular formula is C24H31N3O2. The number of benzene rings is 2. The minimum Gasteiger partial charge on any atom is -0.497 e. The lowest BCUT2D eigenvalue weighted by atomic mass is 9.83. The van der Waals surface area contributed by atoms with E-state index in [-0.39, 0.29) is 23.9 Å². The number of amides is 1. The van der Waals surface area contributed by atoms with E-state index in [9.17, 15) is 4.79 Å². The molecule has 2 aromatic carbocycles. The molecule has 0 unspecified atom stereocenters. The van der Waals surface area contributed by atoms with Crippen LogP contribution in [0.2, 0.25) is 0 Å². The molecule has 0 bridgehead atoms. The van der Waals surface area contributed by atoms with Crippen molar-refractivity contribution in [2.24, 2.45) is 5.92 Å². The first-order valence-corrected chi connectivity index (χ1v) is 10.6. The number of carbonyl (C=O) groups excluding carboxylic acids is 1. The molecule has 5 heteroatoms. The third-order valence-corrected chi connectivity index (χ3v) is 6.38. The van der Waals surface area contributed by atoms with Crippen molar-refractivity contribution in [3.05, 3.63) is 54.1 Å². The molecule has 0 aromatic heterocycles. The van der Waals surface area contributed by atoms with Crippen molar-refractivity contribution in [1.29, 1.82) is 0 Å². The average molecular weight is 394 g/mol. The number of fused-ring (bicyclic) bond motifs is 3. The van der Waals surface area contributed by atoms with Crippen molar-refractivity contribution in [3.63, 3.8) is 0 Å². The quantitative estimate of drug-likeness (QED) is 0.845. The van der Waals surface area contributed by atoms with Crippen LogP contribution in [0.4, 0.5) is 11.4 Å². The molecule has 29 heavy (non-hydrogen) atoms. The summed E-state index contributed by atoms with van der Waals surface area (Å²) in [6.45, 7) is 6.87. The van der Waals surface area contributed by atoms with Crippen LogP contribution in [-0.4, -0.2) is 44.7 Å². The molecule has 0 radical (unpaired) electrons. The van der Waals surface area contributed by atoms with Gasteiger partial charge >= 0.3 is 0 Å². The van der Waals surface area contributed by atoms with E-state index in [4.69, 9.17) is 4.74 Å². The lowest BCUT2D eigenvalue weighted by molar-refractivity contribution is -0.126. The highest BCUT2D eigenvalue weighted by Gasteiger charge is 2.41. The molecule has 5 nitrogen and oxygen atoms in total. The SMILES string of the molecule is CC[C@H](C)NC(=O)[C@@H]1Cc2ccc(OC)cc2N2CCN(c3ccccc3)C[C@H]12. The summed E-state index contributed by atoms with van der Waals surface area (Å²) in [6, 6.07) is 17.1. The van der Waals surface area contributed by atoms with Gasteiger partial charge in [0, 0.05) is 43.1 Å². The Hall–Kier alpha value is -2.69. The molecule has 2 aliphatic heterocycles. The molecule has 154 valence electrons. The number of nitrogens with one attached hydrogen (secondary N) is 1. The molecule has 4 rings (SSSR count). The Labute approximate surface area is 173 Å². The number of methoxy groups -OCH3 is 1.